The molecule has 0 N–H and O–H groups in total. The van der Waals surface area contributed by atoms with Gasteiger partial charge in [-0.05, 0) is 0 Å². The molecule has 2 saturated heterocycles. The number of ether oxygens (including phenoxy) is 3. The van der Waals surface area contributed by atoms with Crippen LogP contribution < -0.4 is 0 Å². The van der Waals surface area contributed by atoms with Crippen LogP contribution in [0, 0.1) is 5.92 Å². The minimum Gasteiger partial charge on any atom is -0.458 e. The maximum atomic E-state index is 10.9. The van der Waals surface area contributed by atoms with Crippen molar-refractivity contribution in [3.8, 4) is 0 Å². The molecule has 2 rings (SSSR count). The fourth-order valence-electron chi connectivity index (χ4n) is 2.22. The van der Waals surface area contributed by atoms with Crippen LogP contribution in [0.15, 0.2) is 0 Å². The summed E-state index contributed by atoms with van der Waals surface area (Å²) in [6.07, 6.45) is -0.208. The van der Waals surface area contributed by atoms with Gasteiger partial charge in [-0.25, -0.2) is 0 Å². The summed E-state index contributed by atoms with van der Waals surface area (Å²) in [5.41, 5.74) is 0. The van der Waals surface area contributed by atoms with Crippen LogP contribution in [0.1, 0.15) is 13.8 Å². The van der Waals surface area contributed by atoms with Crippen LogP contribution in [0.2, 0.25) is 0 Å². The Balaban J connectivity index is 2.07. The maximum Gasteiger partial charge on any atom is 0.303 e. The molecule has 0 aromatic rings. The standard InChI is InChI=1S/C9H15BO4/c1-4-3-12-7-6(4)14-9(10)8(7)13-5(2)11/h4,6-9H,3,10H2,1-2H3/t4-,6?,7+,8-,9-/m1/s1. The Hall–Kier alpha value is -0.545. The van der Waals surface area contributed by atoms with E-state index in [0.717, 1.165) is 0 Å². The van der Waals surface area contributed by atoms with Crippen molar-refractivity contribution < 1.29 is 19.0 Å². The minimum absolute atomic E-state index is 0.0587. The van der Waals surface area contributed by atoms with Gasteiger partial charge in [0.1, 0.15) is 20.1 Å². The first-order valence-electron chi connectivity index (χ1n) is 5.04. The molecule has 0 radical (unpaired) electrons. The molecule has 14 heavy (non-hydrogen) atoms. The average molecular weight is 198 g/mol. The highest BCUT2D eigenvalue weighted by atomic mass is 16.6. The van der Waals surface area contributed by atoms with Gasteiger partial charge in [0.25, 0.3) is 0 Å². The summed E-state index contributed by atoms with van der Waals surface area (Å²) < 4.78 is 16.5. The van der Waals surface area contributed by atoms with Crippen molar-refractivity contribution in [2.45, 2.75) is 38.2 Å². The van der Waals surface area contributed by atoms with Crippen molar-refractivity contribution in [1.29, 1.82) is 0 Å². The zero-order chi connectivity index (χ0) is 10.3. The third-order valence-corrected chi connectivity index (χ3v) is 2.90. The summed E-state index contributed by atoms with van der Waals surface area (Å²) in [5, 5.41) is 0. The van der Waals surface area contributed by atoms with Gasteiger partial charge in [0.15, 0.2) is 0 Å². The predicted molar refractivity (Wildman–Crippen MR) is 51.7 cm³/mol. The van der Waals surface area contributed by atoms with Gasteiger partial charge in [-0.1, -0.05) is 6.92 Å². The second kappa shape index (κ2) is 3.55. The van der Waals surface area contributed by atoms with Gasteiger partial charge in [-0.3, -0.25) is 4.79 Å². The second-order valence-corrected chi connectivity index (χ2v) is 4.16. The average Bonchev–Trinajstić information content (AvgIpc) is 2.57. The molecule has 5 heteroatoms. The number of hydrogen-bond donors (Lipinski definition) is 0. The maximum absolute atomic E-state index is 10.9. The summed E-state index contributed by atoms with van der Waals surface area (Å²) in [5.74, 6) is 0.122. The van der Waals surface area contributed by atoms with E-state index in [1.165, 1.54) is 6.92 Å². The van der Waals surface area contributed by atoms with Gasteiger partial charge < -0.3 is 14.2 Å². The number of esters is 1. The minimum atomic E-state index is -0.269. The molecule has 0 saturated carbocycles. The smallest absolute Gasteiger partial charge is 0.303 e. The Labute approximate surface area is 84.3 Å². The van der Waals surface area contributed by atoms with Crippen LogP contribution in [0.5, 0.6) is 0 Å². The monoisotopic (exact) mass is 198 g/mol. The zero-order valence-electron chi connectivity index (χ0n) is 8.73. The summed E-state index contributed by atoms with van der Waals surface area (Å²) in [4.78, 5) is 10.9. The number of carbonyl (C=O) groups excluding carboxylic acids is 1. The van der Waals surface area contributed by atoms with Gasteiger partial charge in [-0.2, -0.15) is 0 Å². The predicted octanol–water partition coefficient (Wildman–Crippen LogP) is -0.689. The molecule has 0 spiro atoms. The van der Waals surface area contributed by atoms with Crippen LogP contribution >= 0.6 is 0 Å². The lowest BCUT2D eigenvalue weighted by Gasteiger charge is -2.18. The van der Waals surface area contributed by atoms with E-state index in [4.69, 9.17) is 14.2 Å². The summed E-state index contributed by atoms with van der Waals surface area (Å²) in [6, 6.07) is -0.0587. The first-order chi connectivity index (χ1) is 6.59. The lowest BCUT2D eigenvalue weighted by atomic mass is 9.92. The zero-order valence-corrected chi connectivity index (χ0v) is 8.73. The molecule has 0 bridgehead atoms. The Bertz CT molecular complexity index is 245. The number of fused-ring (bicyclic) bond motifs is 1. The van der Waals surface area contributed by atoms with Crippen LogP contribution in [0.25, 0.3) is 0 Å². The third kappa shape index (κ3) is 1.55. The van der Waals surface area contributed by atoms with Crippen molar-refractivity contribution >= 4 is 13.8 Å². The van der Waals surface area contributed by atoms with Gasteiger partial charge in [-0.15, -0.1) is 0 Å². The largest absolute Gasteiger partial charge is 0.458 e. The fourth-order valence-corrected chi connectivity index (χ4v) is 2.22. The summed E-state index contributed by atoms with van der Waals surface area (Å²) in [7, 11) is 1.92. The highest BCUT2D eigenvalue weighted by Gasteiger charge is 2.50. The van der Waals surface area contributed by atoms with Crippen LogP contribution in [-0.4, -0.2) is 44.7 Å². The van der Waals surface area contributed by atoms with E-state index in [-0.39, 0.29) is 30.3 Å². The topological polar surface area (TPSA) is 44.8 Å². The second-order valence-electron chi connectivity index (χ2n) is 4.16. The molecule has 0 aromatic heterocycles. The highest BCUT2D eigenvalue weighted by molar-refractivity contribution is 6.11. The van der Waals surface area contributed by atoms with E-state index in [0.29, 0.717) is 12.5 Å². The van der Waals surface area contributed by atoms with Crippen molar-refractivity contribution in [3.63, 3.8) is 0 Å². The van der Waals surface area contributed by atoms with Gasteiger partial charge in [0.05, 0.1) is 18.7 Å². The highest BCUT2D eigenvalue weighted by Crippen LogP contribution is 2.34. The summed E-state index contributed by atoms with van der Waals surface area (Å²) in [6.45, 7) is 4.20. The normalized spacial score (nSPS) is 46.3. The molecular formula is C9H15BO4. The lowest BCUT2D eigenvalue weighted by molar-refractivity contribution is -0.152. The molecule has 0 aliphatic carbocycles. The summed E-state index contributed by atoms with van der Waals surface area (Å²) >= 11 is 0. The van der Waals surface area contributed by atoms with E-state index in [2.05, 4.69) is 6.92 Å². The Morgan fingerprint density at radius 3 is 2.86 bits per heavy atom. The molecule has 2 aliphatic rings. The molecule has 2 aliphatic heterocycles. The van der Waals surface area contributed by atoms with Crippen LogP contribution in [0.4, 0.5) is 0 Å². The SMILES string of the molecule is B[C@@H]1OC2[C@H](C)CO[C@@H]2[C@H]1OC(C)=O. The van der Waals surface area contributed by atoms with Gasteiger partial charge in [0.2, 0.25) is 0 Å². The van der Waals surface area contributed by atoms with Crippen molar-refractivity contribution in [2.75, 3.05) is 6.61 Å². The third-order valence-electron chi connectivity index (χ3n) is 2.90. The molecule has 78 valence electrons. The number of hydrogen-bond acceptors (Lipinski definition) is 4. The van der Waals surface area contributed by atoms with E-state index in [1.54, 1.807) is 0 Å². The molecule has 5 atom stereocenters. The van der Waals surface area contributed by atoms with Gasteiger partial charge >= 0.3 is 5.97 Å². The molecule has 4 nitrogen and oxygen atoms in total. The Kier molecular flexibility index (Phi) is 2.53. The quantitative estimate of drug-likeness (QED) is 0.413. The van der Waals surface area contributed by atoms with Crippen molar-refractivity contribution in [3.05, 3.63) is 0 Å². The Morgan fingerprint density at radius 1 is 1.50 bits per heavy atom. The molecule has 2 fully saturated rings. The van der Waals surface area contributed by atoms with E-state index < -0.39 is 0 Å². The fraction of sp³-hybridized carbons (Fsp3) is 0.889. The van der Waals surface area contributed by atoms with Gasteiger partial charge in [0, 0.05) is 12.8 Å². The molecule has 2 heterocycles. The van der Waals surface area contributed by atoms with E-state index >= 15 is 0 Å². The van der Waals surface area contributed by atoms with E-state index in [9.17, 15) is 4.79 Å². The Morgan fingerprint density at radius 2 is 2.21 bits per heavy atom. The molecular weight excluding hydrogens is 183 g/mol. The number of rotatable bonds is 1. The van der Waals surface area contributed by atoms with Crippen LogP contribution in [-0.2, 0) is 19.0 Å². The first-order valence-corrected chi connectivity index (χ1v) is 5.04. The molecule has 0 amide bonds. The first kappa shape index (κ1) is 9.99. The molecule has 1 unspecified atom stereocenters. The molecule has 0 aromatic carbocycles. The van der Waals surface area contributed by atoms with E-state index in [1.807, 2.05) is 7.85 Å². The number of carbonyl (C=O) groups is 1. The lowest BCUT2D eigenvalue weighted by Crippen LogP contribution is -2.36. The van der Waals surface area contributed by atoms with Crippen molar-refractivity contribution in [1.82, 2.24) is 0 Å². The van der Waals surface area contributed by atoms with Crippen molar-refractivity contribution in [2.24, 2.45) is 5.92 Å². The van der Waals surface area contributed by atoms with Crippen LogP contribution in [0.3, 0.4) is 0 Å².